The van der Waals surface area contributed by atoms with Gasteiger partial charge in [-0.1, -0.05) is 25.3 Å². The normalized spacial score (nSPS) is 19.6. The lowest BCUT2D eigenvalue weighted by molar-refractivity contribution is 0.358. The second-order valence-electron chi connectivity index (χ2n) is 5.96. The number of aromatic nitrogens is 1. The summed E-state index contributed by atoms with van der Waals surface area (Å²) in [5.41, 5.74) is 1.10. The lowest BCUT2D eigenvalue weighted by Gasteiger charge is -2.30. The lowest BCUT2D eigenvalue weighted by atomic mass is 9.96. The van der Waals surface area contributed by atoms with Crippen molar-refractivity contribution in [3.63, 3.8) is 0 Å². The van der Waals surface area contributed by atoms with Crippen LogP contribution in [-0.2, 0) is 6.54 Å². The number of nitrogens with one attached hydrogen (secondary N) is 1. The fourth-order valence-electron chi connectivity index (χ4n) is 2.92. The van der Waals surface area contributed by atoms with Gasteiger partial charge in [0.05, 0.1) is 12.2 Å². The van der Waals surface area contributed by atoms with Crippen LogP contribution in [-0.4, -0.2) is 27.1 Å². The topological polar surface area (TPSA) is 28.2 Å². The zero-order valence-electron chi connectivity index (χ0n) is 11.9. The average Bonchev–Trinajstić information content (AvgIpc) is 3.31. The second kappa shape index (κ2) is 6.53. The van der Waals surface area contributed by atoms with Gasteiger partial charge in [0.25, 0.3) is 0 Å². The average molecular weight is 289 g/mol. The fourth-order valence-corrected chi connectivity index (χ4v) is 3.30. The van der Waals surface area contributed by atoms with Crippen molar-refractivity contribution in [2.75, 3.05) is 0 Å². The van der Waals surface area contributed by atoms with E-state index in [1.807, 2.05) is 18.3 Å². The van der Waals surface area contributed by atoms with Crippen molar-refractivity contribution in [2.24, 2.45) is 0 Å². The van der Waals surface area contributed by atoms with E-state index >= 15 is 0 Å². The molecule has 0 aliphatic heterocycles. The molecular weight excluding hydrogens is 266 g/mol. The Labute approximate surface area is 126 Å². The van der Waals surface area contributed by atoms with Gasteiger partial charge in [-0.3, -0.25) is 4.98 Å². The summed E-state index contributed by atoms with van der Waals surface area (Å²) in [7, 11) is 0. The van der Waals surface area contributed by atoms with Crippen LogP contribution in [0.5, 0.6) is 0 Å². The Kier molecular flexibility index (Phi) is 4.51. The van der Waals surface area contributed by atoms with Crippen molar-refractivity contribution in [2.45, 2.75) is 63.6 Å². The Hall–Kier alpha value is -1.16. The molecule has 0 amide bonds. The molecule has 4 heteroatoms. The summed E-state index contributed by atoms with van der Waals surface area (Å²) in [6.07, 6.45) is 11.0. The summed E-state index contributed by atoms with van der Waals surface area (Å²) in [5, 5.41) is 4.53. The first kappa shape index (κ1) is 13.8. The molecule has 20 heavy (non-hydrogen) atoms. The Balaban J connectivity index is 1.59. The lowest BCUT2D eigenvalue weighted by Crippen LogP contribution is -2.46. The Bertz CT molecular complexity index is 438. The monoisotopic (exact) mass is 289 g/mol. The maximum Gasteiger partial charge on any atom is 0.169 e. The summed E-state index contributed by atoms with van der Waals surface area (Å²) in [6, 6.07) is 7.30. The van der Waals surface area contributed by atoms with Gasteiger partial charge in [0.1, 0.15) is 0 Å². The van der Waals surface area contributed by atoms with E-state index in [-0.39, 0.29) is 0 Å². The van der Waals surface area contributed by atoms with Crippen LogP contribution in [0.1, 0.15) is 50.6 Å². The van der Waals surface area contributed by atoms with Crippen LogP contribution in [0.15, 0.2) is 24.4 Å². The van der Waals surface area contributed by atoms with E-state index in [0.717, 1.165) is 17.4 Å². The van der Waals surface area contributed by atoms with Crippen LogP contribution in [0.2, 0.25) is 0 Å². The first-order valence-electron chi connectivity index (χ1n) is 7.80. The van der Waals surface area contributed by atoms with E-state index in [4.69, 9.17) is 12.2 Å². The Morgan fingerprint density at radius 3 is 2.65 bits per heavy atom. The molecule has 0 atom stereocenters. The third-order valence-electron chi connectivity index (χ3n) is 4.24. The number of thiocarbonyl (C=S) groups is 1. The number of pyridine rings is 1. The summed E-state index contributed by atoms with van der Waals surface area (Å²) in [4.78, 5) is 6.77. The van der Waals surface area contributed by atoms with Gasteiger partial charge in [-0.05, 0) is 50.0 Å². The van der Waals surface area contributed by atoms with Gasteiger partial charge in [-0.25, -0.2) is 0 Å². The van der Waals surface area contributed by atoms with E-state index in [1.54, 1.807) is 0 Å². The molecule has 2 aliphatic rings. The highest BCUT2D eigenvalue weighted by molar-refractivity contribution is 7.80. The van der Waals surface area contributed by atoms with Crippen molar-refractivity contribution in [3.05, 3.63) is 30.1 Å². The maximum atomic E-state index is 5.66. The zero-order valence-corrected chi connectivity index (χ0v) is 12.7. The van der Waals surface area contributed by atoms with Gasteiger partial charge in [0, 0.05) is 18.3 Å². The molecule has 0 aromatic carbocycles. The van der Waals surface area contributed by atoms with Gasteiger partial charge in [0.15, 0.2) is 5.11 Å². The number of nitrogens with zero attached hydrogens (tertiary/aromatic N) is 2. The second-order valence-corrected chi connectivity index (χ2v) is 6.35. The van der Waals surface area contributed by atoms with Crippen LogP contribution >= 0.6 is 12.2 Å². The van der Waals surface area contributed by atoms with Gasteiger partial charge >= 0.3 is 0 Å². The molecule has 3 nitrogen and oxygen atoms in total. The maximum absolute atomic E-state index is 5.66. The van der Waals surface area contributed by atoms with Crippen molar-refractivity contribution < 1.29 is 0 Å². The molecule has 2 fully saturated rings. The van der Waals surface area contributed by atoms with Crippen LogP contribution in [0.4, 0.5) is 0 Å². The minimum absolute atomic E-state index is 0.584. The molecule has 1 heterocycles. The quantitative estimate of drug-likeness (QED) is 0.861. The molecule has 2 aliphatic carbocycles. The molecule has 3 rings (SSSR count). The summed E-state index contributed by atoms with van der Waals surface area (Å²) in [6.45, 7) is 0.837. The van der Waals surface area contributed by atoms with Gasteiger partial charge < -0.3 is 10.2 Å². The first-order valence-corrected chi connectivity index (χ1v) is 8.21. The molecule has 0 radical (unpaired) electrons. The van der Waals surface area contributed by atoms with Crippen molar-refractivity contribution >= 4 is 17.3 Å². The molecule has 0 bridgehead atoms. The smallest absolute Gasteiger partial charge is 0.169 e. The predicted octanol–water partition coefficient (Wildman–Crippen LogP) is 3.25. The third kappa shape index (κ3) is 3.69. The minimum Gasteiger partial charge on any atom is -0.360 e. The van der Waals surface area contributed by atoms with Crippen LogP contribution in [0, 0.1) is 0 Å². The number of rotatable bonds is 4. The summed E-state index contributed by atoms with van der Waals surface area (Å²) in [5.74, 6) is 0. The van der Waals surface area contributed by atoms with Crippen LogP contribution in [0.25, 0.3) is 0 Å². The largest absolute Gasteiger partial charge is 0.360 e. The van der Waals surface area contributed by atoms with E-state index < -0.39 is 0 Å². The Morgan fingerprint density at radius 1 is 1.20 bits per heavy atom. The van der Waals surface area contributed by atoms with Crippen molar-refractivity contribution in [1.29, 1.82) is 0 Å². The minimum atomic E-state index is 0.584. The molecule has 0 spiro atoms. The predicted molar refractivity (Wildman–Crippen MR) is 85.4 cm³/mol. The molecule has 108 valence electrons. The molecule has 0 saturated heterocycles. The summed E-state index contributed by atoms with van der Waals surface area (Å²) >= 11 is 5.66. The fraction of sp³-hybridized carbons (Fsp3) is 0.625. The van der Waals surface area contributed by atoms with E-state index in [1.165, 1.54) is 44.9 Å². The zero-order chi connectivity index (χ0) is 13.8. The van der Waals surface area contributed by atoms with Gasteiger partial charge in [0.2, 0.25) is 0 Å². The van der Waals surface area contributed by atoms with Gasteiger partial charge in [-0.2, -0.15) is 0 Å². The molecule has 1 N–H and O–H groups in total. The van der Waals surface area contributed by atoms with Crippen LogP contribution < -0.4 is 5.32 Å². The molecular formula is C16H23N3S. The van der Waals surface area contributed by atoms with E-state index in [2.05, 4.69) is 21.3 Å². The molecule has 1 aromatic heterocycles. The summed E-state index contributed by atoms with van der Waals surface area (Å²) < 4.78 is 0. The molecule has 2 saturated carbocycles. The molecule has 1 aromatic rings. The number of hydrogen-bond donors (Lipinski definition) is 1. The highest BCUT2D eigenvalue weighted by atomic mass is 32.1. The SMILES string of the molecule is S=C(NC1CCCCC1)N(Cc1ccccn1)C1CC1. The number of hydrogen-bond acceptors (Lipinski definition) is 2. The van der Waals surface area contributed by atoms with E-state index in [0.29, 0.717) is 12.1 Å². The highest BCUT2D eigenvalue weighted by Gasteiger charge is 2.31. The van der Waals surface area contributed by atoms with Crippen molar-refractivity contribution in [3.8, 4) is 0 Å². The standard InChI is InChI=1S/C16H23N3S/c20-16(18-13-6-2-1-3-7-13)19(15-9-10-15)12-14-8-4-5-11-17-14/h4-5,8,11,13,15H,1-3,6-7,9-10,12H2,(H,18,20). The van der Waals surface area contributed by atoms with Crippen molar-refractivity contribution in [1.82, 2.24) is 15.2 Å². The van der Waals surface area contributed by atoms with E-state index in [9.17, 15) is 0 Å². The first-order chi connectivity index (χ1) is 9.83. The Morgan fingerprint density at radius 2 is 2.00 bits per heavy atom. The highest BCUT2D eigenvalue weighted by Crippen LogP contribution is 2.28. The third-order valence-corrected chi connectivity index (χ3v) is 4.59. The van der Waals surface area contributed by atoms with Gasteiger partial charge in [-0.15, -0.1) is 0 Å². The molecule has 0 unspecified atom stereocenters. The van der Waals surface area contributed by atoms with Crippen LogP contribution in [0.3, 0.4) is 0 Å².